The van der Waals surface area contributed by atoms with Crippen LogP contribution in [0.4, 0.5) is 0 Å². The van der Waals surface area contributed by atoms with Crippen LogP contribution in [-0.2, 0) is 23.9 Å². The van der Waals surface area contributed by atoms with Gasteiger partial charge in [0.15, 0.2) is 23.0 Å². The molecule has 12 heteroatoms. The summed E-state index contributed by atoms with van der Waals surface area (Å²) >= 11 is 0. The van der Waals surface area contributed by atoms with Crippen LogP contribution in [0.5, 0.6) is 23.0 Å². The van der Waals surface area contributed by atoms with Gasteiger partial charge in [-0.15, -0.1) is 0 Å². The maximum absolute atomic E-state index is 13.1. The minimum Gasteiger partial charge on any atom is -0.504 e. The Morgan fingerprint density at radius 2 is 1.24 bits per heavy atom. The van der Waals surface area contributed by atoms with E-state index < -0.39 is 66.1 Å². The second-order valence-electron chi connectivity index (χ2n) is 11.1. The van der Waals surface area contributed by atoms with Gasteiger partial charge < -0.3 is 45.4 Å². The van der Waals surface area contributed by atoms with Gasteiger partial charge in [-0.25, -0.2) is 9.59 Å². The number of hydrogen-bond donors (Lipinski definition) is 7. The number of unbranched alkanes of at least 4 members (excludes halogenated alkanes) is 5. The summed E-state index contributed by atoms with van der Waals surface area (Å²) in [5.41, 5.74) is -1.42. The number of carbonyl (C=O) groups excluding carboxylic acids is 3. The van der Waals surface area contributed by atoms with Crippen molar-refractivity contribution in [2.75, 3.05) is 6.54 Å². The van der Waals surface area contributed by atoms with Gasteiger partial charge in [0.05, 0.1) is 0 Å². The molecule has 0 heterocycles. The van der Waals surface area contributed by atoms with Crippen molar-refractivity contribution in [1.82, 2.24) is 5.32 Å². The largest absolute Gasteiger partial charge is 0.504 e. The van der Waals surface area contributed by atoms with E-state index in [1.54, 1.807) is 0 Å². The predicted octanol–water partition coefficient (Wildman–Crippen LogP) is 3.42. The summed E-state index contributed by atoms with van der Waals surface area (Å²) in [6.45, 7) is 2.42. The quantitative estimate of drug-likeness (QED) is 0.0700. The van der Waals surface area contributed by atoms with Gasteiger partial charge in [0.2, 0.25) is 0 Å². The number of ether oxygens (including phenoxy) is 2. The molecule has 3 rings (SSSR count). The van der Waals surface area contributed by atoms with Gasteiger partial charge in [0, 0.05) is 31.5 Å². The summed E-state index contributed by atoms with van der Waals surface area (Å²) in [6, 6.07) is 7.75. The van der Waals surface area contributed by atoms with E-state index in [9.17, 15) is 45.0 Å². The molecule has 0 unspecified atom stereocenters. The van der Waals surface area contributed by atoms with E-state index in [2.05, 4.69) is 12.2 Å². The first-order valence-corrected chi connectivity index (χ1v) is 14.9. The lowest BCUT2D eigenvalue weighted by Crippen LogP contribution is -2.60. The Morgan fingerprint density at radius 3 is 1.71 bits per heavy atom. The molecule has 2 aromatic rings. The molecular formula is C33H41NO11. The molecule has 7 N–H and O–H groups in total. The summed E-state index contributed by atoms with van der Waals surface area (Å²) in [5, 5.41) is 63.3. The zero-order chi connectivity index (χ0) is 33.0. The Bertz CT molecular complexity index is 1300. The van der Waals surface area contributed by atoms with Crippen LogP contribution in [0.15, 0.2) is 48.6 Å². The van der Waals surface area contributed by atoms with Gasteiger partial charge in [-0.1, -0.05) is 51.2 Å². The smallest absolute Gasteiger partial charge is 0.331 e. The molecule has 0 aromatic heterocycles. The second-order valence-corrected chi connectivity index (χ2v) is 11.1. The number of carbonyl (C=O) groups is 3. The number of nitrogens with one attached hydrogen (secondary N) is 1. The molecule has 0 bridgehead atoms. The van der Waals surface area contributed by atoms with E-state index in [1.165, 1.54) is 48.6 Å². The highest BCUT2D eigenvalue weighted by atomic mass is 16.6. The number of phenols is 4. The first kappa shape index (κ1) is 34.9. The monoisotopic (exact) mass is 627 g/mol. The Labute approximate surface area is 261 Å². The first-order chi connectivity index (χ1) is 21.4. The van der Waals surface area contributed by atoms with E-state index in [1.807, 2.05) is 0 Å². The maximum atomic E-state index is 13.1. The van der Waals surface area contributed by atoms with Crippen LogP contribution in [0.25, 0.3) is 12.2 Å². The summed E-state index contributed by atoms with van der Waals surface area (Å²) < 4.78 is 10.8. The molecule has 1 aliphatic rings. The molecule has 0 spiro atoms. The molecule has 1 amide bonds. The summed E-state index contributed by atoms with van der Waals surface area (Å²) in [7, 11) is 0. The number of aromatic hydroxyl groups is 4. The molecular weight excluding hydrogens is 586 g/mol. The van der Waals surface area contributed by atoms with Gasteiger partial charge in [0.1, 0.15) is 23.9 Å². The van der Waals surface area contributed by atoms with Crippen LogP contribution < -0.4 is 5.32 Å². The molecule has 0 aliphatic heterocycles. The third-order valence-corrected chi connectivity index (χ3v) is 7.44. The topological polar surface area (TPSA) is 203 Å². The van der Waals surface area contributed by atoms with E-state index in [4.69, 9.17) is 9.47 Å². The van der Waals surface area contributed by atoms with Crippen LogP contribution in [0, 0.1) is 0 Å². The predicted molar refractivity (Wildman–Crippen MR) is 164 cm³/mol. The average Bonchev–Trinajstić information content (AvgIpc) is 3.00. The number of benzene rings is 2. The fourth-order valence-corrected chi connectivity index (χ4v) is 4.90. The summed E-state index contributed by atoms with van der Waals surface area (Å²) in [4.78, 5) is 38.4. The summed E-state index contributed by atoms with van der Waals surface area (Å²) in [6.07, 6.45) is 5.13. The van der Waals surface area contributed by atoms with Crippen molar-refractivity contribution in [1.29, 1.82) is 0 Å². The molecule has 0 saturated heterocycles. The number of esters is 2. The minimum absolute atomic E-state index is 0.301. The minimum atomic E-state index is -2.14. The zero-order valence-electron chi connectivity index (χ0n) is 25.1. The van der Waals surface area contributed by atoms with Crippen molar-refractivity contribution in [2.45, 2.75) is 82.2 Å². The zero-order valence-corrected chi connectivity index (χ0v) is 25.1. The molecule has 2 aromatic carbocycles. The number of rotatable bonds is 14. The third-order valence-electron chi connectivity index (χ3n) is 7.44. The molecule has 1 saturated carbocycles. The Balaban J connectivity index is 1.72. The van der Waals surface area contributed by atoms with Gasteiger partial charge in [-0.05, 0) is 54.0 Å². The number of aliphatic hydroxyl groups excluding tert-OH is 1. The van der Waals surface area contributed by atoms with Crippen molar-refractivity contribution in [2.24, 2.45) is 0 Å². The molecule has 1 aliphatic carbocycles. The van der Waals surface area contributed by atoms with Crippen LogP contribution in [-0.4, -0.2) is 78.9 Å². The number of phenolic OH excluding ortho intramolecular Hbond substituents is 4. The van der Waals surface area contributed by atoms with Gasteiger partial charge in [-0.3, -0.25) is 4.79 Å². The fourth-order valence-electron chi connectivity index (χ4n) is 4.90. The molecule has 0 radical (unpaired) electrons. The van der Waals surface area contributed by atoms with E-state index >= 15 is 0 Å². The number of amides is 1. The molecule has 2 atom stereocenters. The second kappa shape index (κ2) is 16.5. The van der Waals surface area contributed by atoms with Crippen molar-refractivity contribution in [3.63, 3.8) is 0 Å². The highest BCUT2D eigenvalue weighted by Gasteiger charge is 2.52. The Hall–Kier alpha value is -4.55. The van der Waals surface area contributed by atoms with Gasteiger partial charge in [-0.2, -0.15) is 0 Å². The van der Waals surface area contributed by atoms with Crippen LogP contribution in [0.1, 0.15) is 69.4 Å². The third kappa shape index (κ3) is 10.5. The van der Waals surface area contributed by atoms with Gasteiger partial charge in [0.25, 0.3) is 5.91 Å². The van der Waals surface area contributed by atoms with E-state index in [0.29, 0.717) is 24.1 Å². The molecule has 45 heavy (non-hydrogen) atoms. The van der Waals surface area contributed by atoms with Gasteiger partial charge >= 0.3 is 11.9 Å². The van der Waals surface area contributed by atoms with Crippen LogP contribution in [0.3, 0.4) is 0 Å². The van der Waals surface area contributed by atoms with Crippen molar-refractivity contribution in [3.05, 3.63) is 59.7 Å². The average molecular weight is 628 g/mol. The van der Waals surface area contributed by atoms with Crippen LogP contribution in [0.2, 0.25) is 0 Å². The fraction of sp³-hybridized carbons (Fsp3) is 0.424. The van der Waals surface area contributed by atoms with Crippen molar-refractivity contribution >= 4 is 30.0 Å². The lowest BCUT2D eigenvalue weighted by atomic mass is 9.78. The molecule has 1 fully saturated rings. The Kier molecular flexibility index (Phi) is 12.8. The molecule has 12 nitrogen and oxygen atoms in total. The van der Waals surface area contributed by atoms with Crippen molar-refractivity contribution < 1.29 is 54.5 Å². The molecule has 244 valence electrons. The lowest BCUT2D eigenvalue weighted by Gasteiger charge is -2.41. The van der Waals surface area contributed by atoms with Crippen LogP contribution >= 0.6 is 0 Å². The summed E-state index contributed by atoms with van der Waals surface area (Å²) in [5.74, 6) is -4.12. The maximum Gasteiger partial charge on any atom is 0.331 e. The van der Waals surface area contributed by atoms with Crippen molar-refractivity contribution in [3.8, 4) is 23.0 Å². The van der Waals surface area contributed by atoms with E-state index in [0.717, 1.165) is 44.3 Å². The highest BCUT2D eigenvalue weighted by Crippen LogP contribution is 2.34. The lowest BCUT2D eigenvalue weighted by molar-refractivity contribution is -0.196. The number of aliphatic hydroxyl groups is 2. The normalized spacial score (nSPS) is 21.5. The standard InChI is InChI=1S/C33H41NO11/c1-2-3-4-5-6-7-16-34-32(42)33(43)19-27(44-29(39)14-10-21-8-12-23(35)25(37)17-21)31(41)28(20-33)45-30(40)15-11-22-9-13-24(36)26(38)18-22/h8-15,17-18,27-28,31,35-38,41,43H,2-7,16,19-20H2,1H3,(H,34,42)/b14-10+,15-11+/t27-,28-,31?,33?/m1/s1. The number of hydrogen-bond acceptors (Lipinski definition) is 11. The highest BCUT2D eigenvalue weighted by molar-refractivity contribution is 5.89. The first-order valence-electron chi connectivity index (χ1n) is 14.9. The van der Waals surface area contributed by atoms with E-state index in [-0.39, 0.29) is 11.5 Å². The Morgan fingerprint density at radius 1 is 0.778 bits per heavy atom. The SMILES string of the molecule is CCCCCCCCNC(=O)C1(O)C[C@@H](OC(=O)/C=C/c2ccc(O)c(O)c2)C(O)[C@H](OC(=O)/C=C/c2ccc(O)c(O)c2)C1.